The van der Waals surface area contributed by atoms with Gasteiger partial charge in [-0.15, -0.1) is 0 Å². The van der Waals surface area contributed by atoms with E-state index < -0.39 is 0 Å². The first-order valence-electron chi connectivity index (χ1n) is 5.40. The maximum Gasteiger partial charge on any atom is 0.0648 e. The van der Waals surface area contributed by atoms with Gasteiger partial charge in [0.1, 0.15) is 0 Å². The molecule has 3 aliphatic rings. The van der Waals surface area contributed by atoms with Crippen molar-refractivity contribution in [2.75, 3.05) is 0 Å². The van der Waals surface area contributed by atoms with Crippen LogP contribution in [0.2, 0.25) is 0 Å². The summed E-state index contributed by atoms with van der Waals surface area (Å²) in [4.78, 5) is 0. The van der Waals surface area contributed by atoms with E-state index in [-0.39, 0.29) is 0 Å². The smallest absolute Gasteiger partial charge is 0.0648 e. The molecule has 0 aromatic carbocycles. The van der Waals surface area contributed by atoms with E-state index in [9.17, 15) is 0 Å². The van der Waals surface area contributed by atoms with Crippen molar-refractivity contribution in [1.82, 2.24) is 0 Å². The third kappa shape index (κ3) is 1.18. The van der Waals surface area contributed by atoms with Crippen LogP contribution in [-0.2, 0) is 4.74 Å². The fourth-order valence-corrected chi connectivity index (χ4v) is 3.06. The predicted molar refractivity (Wildman–Crippen MR) is 52.4 cm³/mol. The highest BCUT2D eigenvalue weighted by atomic mass is 16.5. The van der Waals surface area contributed by atoms with Crippen LogP contribution in [0.25, 0.3) is 0 Å². The van der Waals surface area contributed by atoms with Crippen LogP contribution in [0.3, 0.4) is 0 Å². The lowest BCUT2D eigenvalue weighted by molar-refractivity contribution is 0.0297. The SMILES string of the molecule is C1=CCC2C(C1)OC1CC=CCC12. The van der Waals surface area contributed by atoms with E-state index in [4.69, 9.17) is 4.74 Å². The molecule has 0 aromatic rings. The van der Waals surface area contributed by atoms with E-state index in [0.29, 0.717) is 12.2 Å². The van der Waals surface area contributed by atoms with Gasteiger partial charge in [-0.25, -0.2) is 0 Å². The second kappa shape index (κ2) is 2.98. The molecule has 4 atom stereocenters. The minimum atomic E-state index is 0.542. The largest absolute Gasteiger partial charge is 0.374 e. The Hall–Kier alpha value is -0.560. The van der Waals surface area contributed by atoms with Crippen LogP contribution in [0.4, 0.5) is 0 Å². The molecular formula is C12H16O. The lowest BCUT2D eigenvalue weighted by atomic mass is 9.77. The summed E-state index contributed by atoms with van der Waals surface area (Å²) in [7, 11) is 0. The summed E-state index contributed by atoms with van der Waals surface area (Å²) in [6, 6.07) is 0. The zero-order valence-corrected chi connectivity index (χ0v) is 7.86. The lowest BCUT2D eigenvalue weighted by Crippen LogP contribution is -2.23. The second-order valence-corrected chi connectivity index (χ2v) is 4.43. The molecule has 0 radical (unpaired) electrons. The first-order chi connectivity index (χ1) is 6.45. The van der Waals surface area contributed by atoms with Crippen molar-refractivity contribution in [1.29, 1.82) is 0 Å². The summed E-state index contributed by atoms with van der Waals surface area (Å²) in [5.41, 5.74) is 0. The van der Waals surface area contributed by atoms with E-state index in [1.54, 1.807) is 0 Å². The molecular weight excluding hydrogens is 160 g/mol. The number of rotatable bonds is 0. The Balaban J connectivity index is 1.83. The average molecular weight is 176 g/mol. The van der Waals surface area contributed by atoms with Crippen LogP contribution in [0.5, 0.6) is 0 Å². The van der Waals surface area contributed by atoms with E-state index in [2.05, 4.69) is 24.3 Å². The number of ether oxygens (including phenoxy) is 1. The third-order valence-corrected chi connectivity index (χ3v) is 3.74. The van der Waals surface area contributed by atoms with Crippen molar-refractivity contribution < 1.29 is 4.74 Å². The molecule has 13 heavy (non-hydrogen) atoms. The van der Waals surface area contributed by atoms with Crippen molar-refractivity contribution in [2.24, 2.45) is 11.8 Å². The predicted octanol–water partition coefficient (Wildman–Crippen LogP) is 2.69. The number of hydrogen-bond acceptors (Lipinski definition) is 1. The van der Waals surface area contributed by atoms with Gasteiger partial charge in [0, 0.05) is 0 Å². The molecule has 2 aliphatic carbocycles. The molecule has 0 N–H and O–H groups in total. The number of fused-ring (bicyclic) bond motifs is 3. The zero-order valence-electron chi connectivity index (χ0n) is 7.86. The van der Waals surface area contributed by atoms with Crippen LogP contribution < -0.4 is 0 Å². The lowest BCUT2D eigenvalue weighted by Gasteiger charge is -2.25. The Morgan fingerprint density at radius 1 is 0.692 bits per heavy atom. The summed E-state index contributed by atoms with van der Waals surface area (Å²) < 4.78 is 6.07. The van der Waals surface area contributed by atoms with Gasteiger partial charge in [-0.3, -0.25) is 0 Å². The first kappa shape index (κ1) is 7.81. The molecule has 0 aromatic heterocycles. The van der Waals surface area contributed by atoms with Gasteiger partial charge in [0.15, 0.2) is 0 Å². The van der Waals surface area contributed by atoms with Gasteiger partial charge in [-0.2, -0.15) is 0 Å². The molecule has 1 saturated heterocycles. The van der Waals surface area contributed by atoms with Gasteiger partial charge in [0.2, 0.25) is 0 Å². The second-order valence-electron chi connectivity index (χ2n) is 4.43. The zero-order chi connectivity index (χ0) is 8.67. The summed E-state index contributed by atoms with van der Waals surface area (Å²) in [6.45, 7) is 0. The summed E-state index contributed by atoms with van der Waals surface area (Å²) in [5, 5.41) is 0. The normalized spacial score (nSPS) is 47.4. The van der Waals surface area contributed by atoms with Crippen LogP contribution in [0, 0.1) is 11.8 Å². The molecule has 1 nitrogen and oxygen atoms in total. The van der Waals surface area contributed by atoms with Gasteiger partial charge >= 0.3 is 0 Å². The molecule has 0 bridgehead atoms. The Bertz CT molecular complexity index is 228. The Kier molecular flexibility index (Phi) is 1.79. The highest BCUT2D eigenvalue weighted by Crippen LogP contribution is 2.43. The molecule has 0 amide bonds. The quantitative estimate of drug-likeness (QED) is 0.516. The minimum absolute atomic E-state index is 0.542. The van der Waals surface area contributed by atoms with Crippen molar-refractivity contribution >= 4 is 0 Å². The minimum Gasteiger partial charge on any atom is -0.374 e. The van der Waals surface area contributed by atoms with E-state index in [1.807, 2.05) is 0 Å². The van der Waals surface area contributed by atoms with Crippen LogP contribution >= 0.6 is 0 Å². The maximum atomic E-state index is 6.07. The fourth-order valence-electron chi connectivity index (χ4n) is 3.06. The summed E-state index contributed by atoms with van der Waals surface area (Å²) in [5.74, 6) is 1.64. The van der Waals surface area contributed by atoms with Gasteiger partial charge < -0.3 is 4.74 Å². The van der Waals surface area contributed by atoms with Crippen LogP contribution in [0.15, 0.2) is 24.3 Å². The first-order valence-corrected chi connectivity index (χ1v) is 5.40. The van der Waals surface area contributed by atoms with Crippen molar-refractivity contribution in [3.63, 3.8) is 0 Å². The third-order valence-electron chi connectivity index (χ3n) is 3.74. The van der Waals surface area contributed by atoms with Crippen molar-refractivity contribution in [3.8, 4) is 0 Å². The van der Waals surface area contributed by atoms with Crippen molar-refractivity contribution in [3.05, 3.63) is 24.3 Å². The summed E-state index contributed by atoms with van der Waals surface area (Å²) >= 11 is 0. The number of hydrogen-bond donors (Lipinski definition) is 0. The van der Waals surface area contributed by atoms with E-state index in [0.717, 1.165) is 24.7 Å². The molecule has 4 unspecified atom stereocenters. The highest BCUT2D eigenvalue weighted by molar-refractivity contribution is 5.07. The van der Waals surface area contributed by atoms with Gasteiger partial charge in [0.25, 0.3) is 0 Å². The van der Waals surface area contributed by atoms with Crippen molar-refractivity contribution in [2.45, 2.75) is 37.9 Å². The van der Waals surface area contributed by atoms with Crippen LogP contribution in [-0.4, -0.2) is 12.2 Å². The number of allylic oxidation sites excluding steroid dienone is 2. The molecule has 0 saturated carbocycles. The Morgan fingerprint density at radius 2 is 1.15 bits per heavy atom. The standard InChI is InChI=1S/C12H16O/c1-3-7-11-9(5-1)10-6-2-4-8-12(10)13-11/h1-4,9-12H,5-8H2. The molecule has 0 spiro atoms. The molecule has 3 rings (SSSR count). The molecule has 1 fully saturated rings. The average Bonchev–Trinajstić information content (AvgIpc) is 2.56. The van der Waals surface area contributed by atoms with E-state index >= 15 is 0 Å². The molecule has 1 heterocycles. The summed E-state index contributed by atoms with van der Waals surface area (Å²) in [6.07, 6.45) is 15.1. The van der Waals surface area contributed by atoms with Gasteiger partial charge in [0.05, 0.1) is 12.2 Å². The molecule has 70 valence electrons. The molecule has 1 heteroatoms. The van der Waals surface area contributed by atoms with Gasteiger partial charge in [-0.05, 0) is 37.5 Å². The van der Waals surface area contributed by atoms with Crippen LogP contribution in [0.1, 0.15) is 25.7 Å². The Morgan fingerprint density at radius 3 is 1.69 bits per heavy atom. The topological polar surface area (TPSA) is 9.23 Å². The fraction of sp³-hybridized carbons (Fsp3) is 0.667. The highest BCUT2D eigenvalue weighted by Gasteiger charge is 2.43. The monoisotopic (exact) mass is 176 g/mol. The maximum absolute atomic E-state index is 6.07. The Labute approximate surface area is 79.5 Å². The van der Waals surface area contributed by atoms with Gasteiger partial charge in [-0.1, -0.05) is 24.3 Å². The molecule has 1 aliphatic heterocycles. The van der Waals surface area contributed by atoms with E-state index in [1.165, 1.54) is 12.8 Å².